The Bertz CT molecular complexity index is 341. The zero-order valence-electron chi connectivity index (χ0n) is 11.8. The van der Waals surface area contributed by atoms with E-state index in [1.54, 1.807) is 0 Å². The van der Waals surface area contributed by atoms with E-state index in [-0.39, 0.29) is 6.61 Å². The van der Waals surface area contributed by atoms with Crippen molar-refractivity contribution in [2.45, 2.75) is 62.2 Å². The first kappa shape index (κ1) is 17.0. The van der Waals surface area contributed by atoms with Gasteiger partial charge >= 0.3 is 0 Å². The molecule has 2 fully saturated rings. The minimum Gasteiger partial charge on any atom is -0.388 e. The zero-order valence-corrected chi connectivity index (χ0v) is 11.8. The molecule has 2 aliphatic heterocycles. The first-order valence-corrected chi connectivity index (χ1v) is 6.72. The van der Waals surface area contributed by atoms with Gasteiger partial charge in [0.15, 0.2) is 12.6 Å². The van der Waals surface area contributed by atoms with Crippen molar-refractivity contribution in [1.82, 2.24) is 0 Å². The number of aliphatic hydroxyl groups is 5. The van der Waals surface area contributed by atoms with Crippen molar-refractivity contribution in [3.05, 3.63) is 0 Å². The maximum absolute atomic E-state index is 10.0. The van der Waals surface area contributed by atoms with Crippen LogP contribution in [0.25, 0.3) is 0 Å². The molecule has 9 atom stereocenters. The maximum Gasteiger partial charge on any atom is 0.187 e. The summed E-state index contributed by atoms with van der Waals surface area (Å²) in [4.78, 5) is 0. The van der Waals surface area contributed by atoms with E-state index in [1.807, 2.05) is 0 Å². The molecule has 0 amide bonds. The van der Waals surface area contributed by atoms with Gasteiger partial charge in [-0.1, -0.05) is 0 Å². The van der Waals surface area contributed by atoms with Gasteiger partial charge in [-0.2, -0.15) is 0 Å². The van der Waals surface area contributed by atoms with Gasteiger partial charge in [-0.15, -0.1) is 0 Å². The van der Waals surface area contributed by atoms with Crippen molar-refractivity contribution in [3.8, 4) is 0 Å². The lowest BCUT2D eigenvalue weighted by molar-refractivity contribution is -0.343. The van der Waals surface area contributed by atoms with Crippen molar-refractivity contribution in [2.75, 3.05) is 13.7 Å². The molecule has 124 valence electrons. The van der Waals surface area contributed by atoms with Crippen LogP contribution in [-0.2, 0) is 18.9 Å². The fourth-order valence-electron chi connectivity index (χ4n) is 2.43. The van der Waals surface area contributed by atoms with Crippen molar-refractivity contribution in [1.29, 1.82) is 0 Å². The van der Waals surface area contributed by atoms with E-state index in [9.17, 15) is 25.5 Å². The number of methoxy groups -OCH3 is 1. The Morgan fingerprint density at radius 1 is 0.905 bits per heavy atom. The molecule has 0 aromatic rings. The number of hydrogen-bond donors (Lipinski definition) is 5. The molecule has 2 aliphatic rings. The van der Waals surface area contributed by atoms with Gasteiger partial charge in [0.2, 0.25) is 0 Å². The molecule has 2 heterocycles. The van der Waals surface area contributed by atoms with Crippen molar-refractivity contribution < 1.29 is 44.5 Å². The number of aliphatic hydroxyl groups excluding tert-OH is 5. The highest BCUT2D eigenvalue weighted by Crippen LogP contribution is 2.26. The fourth-order valence-corrected chi connectivity index (χ4v) is 2.43. The fraction of sp³-hybridized carbons (Fsp3) is 1.00. The topological polar surface area (TPSA) is 138 Å². The molecule has 0 aromatic carbocycles. The third-order valence-electron chi connectivity index (χ3n) is 3.76. The number of ether oxygens (including phenoxy) is 4. The molecule has 0 spiro atoms. The molecule has 0 bridgehead atoms. The predicted octanol–water partition coefficient (Wildman–Crippen LogP) is -3.08. The molecule has 0 aromatic heterocycles. The van der Waals surface area contributed by atoms with E-state index < -0.39 is 55.3 Å². The summed E-state index contributed by atoms with van der Waals surface area (Å²) in [6.45, 7) is 1.38. The van der Waals surface area contributed by atoms with Crippen LogP contribution in [0.5, 0.6) is 0 Å². The molecular weight excluding hydrogens is 288 g/mol. The van der Waals surface area contributed by atoms with Gasteiger partial charge < -0.3 is 44.5 Å². The van der Waals surface area contributed by atoms with Crippen LogP contribution in [0.4, 0.5) is 0 Å². The largest absolute Gasteiger partial charge is 0.388 e. The third-order valence-corrected chi connectivity index (χ3v) is 3.76. The predicted molar refractivity (Wildman–Crippen MR) is 66.0 cm³/mol. The van der Waals surface area contributed by atoms with E-state index in [1.165, 1.54) is 14.0 Å². The Hall–Kier alpha value is -0.360. The summed E-state index contributed by atoms with van der Waals surface area (Å²) >= 11 is 0. The quantitative estimate of drug-likeness (QED) is 0.367. The Labute approximate surface area is 121 Å². The van der Waals surface area contributed by atoms with Gasteiger partial charge in [-0.25, -0.2) is 0 Å². The van der Waals surface area contributed by atoms with Crippen molar-refractivity contribution in [3.63, 3.8) is 0 Å². The monoisotopic (exact) mass is 310 g/mol. The highest BCUT2D eigenvalue weighted by molar-refractivity contribution is 4.90. The van der Waals surface area contributed by atoms with E-state index in [0.29, 0.717) is 0 Å². The molecule has 0 unspecified atom stereocenters. The second-order valence-corrected chi connectivity index (χ2v) is 5.28. The van der Waals surface area contributed by atoms with Gasteiger partial charge in [-0.3, -0.25) is 0 Å². The summed E-state index contributed by atoms with van der Waals surface area (Å²) in [6.07, 6.45) is -10.9. The van der Waals surface area contributed by atoms with Gasteiger partial charge in [0.25, 0.3) is 0 Å². The van der Waals surface area contributed by atoms with Gasteiger partial charge in [-0.05, 0) is 6.92 Å². The molecule has 5 N–H and O–H groups in total. The first-order valence-electron chi connectivity index (χ1n) is 6.72. The highest BCUT2D eigenvalue weighted by atomic mass is 16.7. The average Bonchev–Trinajstić information content (AvgIpc) is 2.46. The van der Waals surface area contributed by atoms with E-state index in [0.717, 1.165) is 0 Å². The van der Waals surface area contributed by atoms with Crippen LogP contribution < -0.4 is 0 Å². The summed E-state index contributed by atoms with van der Waals surface area (Å²) in [5, 5.41) is 49.0. The Balaban J connectivity index is 2.05. The van der Waals surface area contributed by atoms with Gasteiger partial charge in [0.1, 0.15) is 36.6 Å². The minimum absolute atomic E-state index is 0.121. The van der Waals surface area contributed by atoms with E-state index >= 15 is 0 Å². The van der Waals surface area contributed by atoms with Crippen LogP contribution in [-0.4, -0.2) is 94.6 Å². The zero-order chi connectivity index (χ0) is 15.7. The molecule has 9 heteroatoms. The van der Waals surface area contributed by atoms with Crippen LogP contribution in [0, 0.1) is 0 Å². The normalized spacial score (nSPS) is 51.9. The average molecular weight is 310 g/mol. The minimum atomic E-state index is -1.51. The molecular formula is C12H22O9. The van der Waals surface area contributed by atoms with Crippen LogP contribution >= 0.6 is 0 Å². The van der Waals surface area contributed by atoms with Crippen LogP contribution in [0.15, 0.2) is 0 Å². The van der Waals surface area contributed by atoms with Crippen molar-refractivity contribution in [2.24, 2.45) is 0 Å². The molecule has 21 heavy (non-hydrogen) atoms. The van der Waals surface area contributed by atoms with Crippen LogP contribution in [0.1, 0.15) is 6.92 Å². The van der Waals surface area contributed by atoms with Gasteiger partial charge in [0, 0.05) is 7.11 Å². The molecule has 0 radical (unpaired) electrons. The Kier molecular flexibility index (Phi) is 5.52. The van der Waals surface area contributed by atoms with E-state index in [4.69, 9.17) is 18.9 Å². The lowest BCUT2D eigenvalue weighted by Crippen LogP contribution is -2.61. The summed E-state index contributed by atoms with van der Waals surface area (Å²) in [7, 11) is 1.33. The number of rotatable bonds is 3. The molecule has 9 nitrogen and oxygen atoms in total. The summed E-state index contributed by atoms with van der Waals surface area (Å²) < 4.78 is 20.6. The lowest BCUT2D eigenvalue weighted by atomic mass is 9.99. The SMILES string of the molecule is CO[C@@H]1OC[C@@H](O)[C@H](O[C@@H]2O[C@H](C)[C@H](O)[C@H](O)[C@H]2O)[C@H]1O. The second-order valence-electron chi connectivity index (χ2n) is 5.28. The summed E-state index contributed by atoms with van der Waals surface area (Å²) in [6, 6.07) is 0. The maximum atomic E-state index is 10.0. The number of hydrogen-bond acceptors (Lipinski definition) is 9. The van der Waals surface area contributed by atoms with Gasteiger partial charge in [0.05, 0.1) is 12.7 Å². The lowest BCUT2D eigenvalue weighted by Gasteiger charge is -2.43. The standard InChI is InChI=1S/C12H22O9/c1-4-6(14)7(15)8(16)12(20-4)21-10-5(13)3-19-11(18-2)9(10)17/h4-17H,3H2,1-2H3/t4-,5-,6+,7+,8-,9-,10+,11-,12+/m1/s1. The Morgan fingerprint density at radius 2 is 1.57 bits per heavy atom. The Morgan fingerprint density at radius 3 is 2.19 bits per heavy atom. The molecule has 2 saturated heterocycles. The summed E-state index contributed by atoms with van der Waals surface area (Å²) in [5.74, 6) is 0. The molecule has 2 rings (SSSR count). The second kappa shape index (κ2) is 6.82. The third kappa shape index (κ3) is 3.36. The highest BCUT2D eigenvalue weighted by Gasteiger charge is 2.47. The smallest absolute Gasteiger partial charge is 0.187 e. The molecule has 0 saturated carbocycles. The first-order chi connectivity index (χ1) is 9.86. The van der Waals surface area contributed by atoms with E-state index in [2.05, 4.69) is 0 Å². The molecule has 0 aliphatic carbocycles. The van der Waals surface area contributed by atoms with Crippen LogP contribution in [0.2, 0.25) is 0 Å². The summed E-state index contributed by atoms with van der Waals surface area (Å²) in [5.41, 5.74) is 0. The van der Waals surface area contributed by atoms with Crippen molar-refractivity contribution >= 4 is 0 Å². The van der Waals surface area contributed by atoms with Crippen LogP contribution in [0.3, 0.4) is 0 Å².